The molecule has 0 radical (unpaired) electrons. The SMILES string of the molecule is O=C(O)c1cccc(Br)c1-c1cccc2[nH]ccc12. The van der Waals surface area contributed by atoms with Crippen molar-refractivity contribution < 1.29 is 9.90 Å². The van der Waals surface area contributed by atoms with E-state index in [1.807, 2.05) is 36.5 Å². The van der Waals surface area contributed by atoms with Crippen molar-refractivity contribution >= 4 is 32.8 Å². The van der Waals surface area contributed by atoms with Gasteiger partial charge in [-0.25, -0.2) is 4.79 Å². The Bertz CT molecular complexity index is 777. The number of carbonyl (C=O) groups is 1. The van der Waals surface area contributed by atoms with E-state index in [1.54, 1.807) is 12.1 Å². The van der Waals surface area contributed by atoms with Crippen LogP contribution < -0.4 is 0 Å². The van der Waals surface area contributed by atoms with Crippen molar-refractivity contribution in [2.24, 2.45) is 0 Å². The Hall–Kier alpha value is -2.07. The van der Waals surface area contributed by atoms with Crippen molar-refractivity contribution in [3.63, 3.8) is 0 Å². The van der Waals surface area contributed by atoms with Gasteiger partial charge in [-0.1, -0.05) is 34.1 Å². The predicted molar refractivity (Wildman–Crippen MR) is 78.4 cm³/mol. The molecule has 0 saturated heterocycles. The number of hydrogen-bond donors (Lipinski definition) is 2. The fourth-order valence-electron chi connectivity index (χ4n) is 2.28. The van der Waals surface area contributed by atoms with Crippen LogP contribution in [0, 0.1) is 0 Å². The van der Waals surface area contributed by atoms with Gasteiger partial charge in [-0.3, -0.25) is 0 Å². The molecular formula is C15H10BrNO2. The van der Waals surface area contributed by atoms with Crippen LogP contribution in [-0.2, 0) is 0 Å². The third-order valence-electron chi connectivity index (χ3n) is 3.11. The lowest BCUT2D eigenvalue weighted by atomic mass is 9.97. The second-order valence-electron chi connectivity index (χ2n) is 4.21. The number of benzene rings is 2. The third-order valence-corrected chi connectivity index (χ3v) is 3.77. The number of rotatable bonds is 2. The summed E-state index contributed by atoms with van der Waals surface area (Å²) in [5.74, 6) is -0.927. The Kier molecular flexibility index (Phi) is 2.87. The van der Waals surface area contributed by atoms with Gasteiger partial charge < -0.3 is 10.1 Å². The lowest BCUT2D eigenvalue weighted by Gasteiger charge is -2.10. The molecule has 0 bridgehead atoms. The summed E-state index contributed by atoms with van der Waals surface area (Å²) >= 11 is 3.45. The van der Waals surface area contributed by atoms with E-state index in [0.717, 1.165) is 20.9 Å². The first-order valence-electron chi connectivity index (χ1n) is 5.77. The average Bonchev–Trinajstić information content (AvgIpc) is 2.86. The summed E-state index contributed by atoms with van der Waals surface area (Å²) < 4.78 is 0.779. The molecule has 0 fully saturated rings. The highest BCUT2D eigenvalue weighted by molar-refractivity contribution is 9.10. The fraction of sp³-hybridized carbons (Fsp3) is 0. The summed E-state index contributed by atoms with van der Waals surface area (Å²) in [5.41, 5.74) is 2.90. The van der Waals surface area contributed by atoms with Crippen molar-refractivity contribution in [1.82, 2.24) is 4.98 Å². The molecule has 3 rings (SSSR count). The quantitative estimate of drug-likeness (QED) is 0.741. The molecule has 0 saturated carbocycles. The summed E-state index contributed by atoms with van der Waals surface area (Å²) in [6.07, 6.45) is 1.85. The van der Waals surface area contributed by atoms with E-state index in [2.05, 4.69) is 20.9 Å². The number of carboxylic acid groups (broad SMARTS) is 1. The summed E-state index contributed by atoms with van der Waals surface area (Å²) in [7, 11) is 0. The van der Waals surface area contributed by atoms with Crippen molar-refractivity contribution in [3.8, 4) is 11.1 Å². The van der Waals surface area contributed by atoms with Crippen molar-refractivity contribution in [2.45, 2.75) is 0 Å². The molecular weight excluding hydrogens is 306 g/mol. The van der Waals surface area contributed by atoms with Crippen LogP contribution in [-0.4, -0.2) is 16.1 Å². The summed E-state index contributed by atoms with van der Waals surface area (Å²) in [6.45, 7) is 0. The van der Waals surface area contributed by atoms with Crippen LogP contribution in [0.5, 0.6) is 0 Å². The fourth-order valence-corrected chi connectivity index (χ4v) is 2.86. The zero-order valence-corrected chi connectivity index (χ0v) is 11.4. The highest BCUT2D eigenvalue weighted by Crippen LogP contribution is 2.36. The van der Waals surface area contributed by atoms with Gasteiger partial charge in [0, 0.05) is 27.1 Å². The minimum atomic E-state index is -0.927. The Morgan fingerprint density at radius 2 is 1.89 bits per heavy atom. The minimum absolute atomic E-state index is 0.295. The Morgan fingerprint density at radius 3 is 2.68 bits per heavy atom. The van der Waals surface area contributed by atoms with Crippen LogP contribution in [0.2, 0.25) is 0 Å². The van der Waals surface area contributed by atoms with Gasteiger partial charge in [0.25, 0.3) is 0 Å². The number of aromatic amines is 1. The maximum Gasteiger partial charge on any atom is 0.336 e. The number of hydrogen-bond acceptors (Lipinski definition) is 1. The van der Waals surface area contributed by atoms with Gasteiger partial charge in [0.05, 0.1) is 5.56 Å². The minimum Gasteiger partial charge on any atom is -0.478 e. The van der Waals surface area contributed by atoms with E-state index >= 15 is 0 Å². The summed E-state index contributed by atoms with van der Waals surface area (Å²) in [4.78, 5) is 14.5. The second-order valence-corrected chi connectivity index (χ2v) is 5.07. The molecule has 0 aliphatic rings. The van der Waals surface area contributed by atoms with Gasteiger partial charge >= 0.3 is 5.97 Å². The van der Waals surface area contributed by atoms with E-state index in [0.29, 0.717) is 11.1 Å². The number of aromatic nitrogens is 1. The van der Waals surface area contributed by atoms with Gasteiger partial charge in [0.2, 0.25) is 0 Å². The van der Waals surface area contributed by atoms with Gasteiger partial charge in [0.15, 0.2) is 0 Å². The monoisotopic (exact) mass is 315 g/mol. The van der Waals surface area contributed by atoms with Crippen LogP contribution >= 0.6 is 15.9 Å². The van der Waals surface area contributed by atoms with E-state index in [-0.39, 0.29) is 0 Å². The van der Waals surface area contributed by atoms with Crippen LogP contribution in [0.15, 0.2) is 53.1 Å². The number of fused-ring (bicyclic) bond motifs is 1. The molecule has 2 N–H and O–H groups in total. The highest BCUT2D eigenvalue weighted by Gasteiger charge is 2.16. The first-order chi connectivity index (χ1) is 9.18. The second kappa shape index (κ2) is 4.55. The Balaban J connectivity index is 2.39. The normalized spacial score (nSPS) is 10.8. The molecule has 0 aliphatic carbocycles. The molecule has 0 spiro atoms. The van der Waals surface area contributed by atoms with E-state index in [4.69, 9.17) is 0 Å². The molecule has 1 heterocycles. The molecule has 3 aromatic rings. The molecule has 3 nitrogen and oxygen atoms in total. The summed E-state index contributed by atoms with van der Waals surface area (Å²) in [5, 5.41) is 10.4. The maximum atomic E-state index is 11.4. The van der Waals surface area contributed by atoms with Crippen molar-refractivity contribution in [2.75, 3.05) is 0 Å². The van der Waals surface area contributed by atoms with E-state index in [9.17, 15) is 9.90 Å². The zero-order valence-electron chi connectivity index (χ0n) is 9.85. The van der Waals surface area contributed by atoms with Crippen molar-refractivity contribution in [1.29, 1.82) is 0 Å². The lowest BCUT2D eigenvalue weighted by molar-refractivity contribution is 0.0697. The van der Waals surface area contributed by atoms with Gasteiger partial charge in [0.1, 0.15) is 0 Å². The van der Waals surface area contributed by atoms with Gasteiger partial charge in [-0.15, -0.1) is 0 Å². The lowest BCUT2D eigenvalue weighted by Crippen LogP contribution is -2.00. The number of carboxylic acids is 1. The number of aromatic carboxylic acids is 1. The van der Waals surface area contributed by atoms with Crippen LogP contribution in [0.3, 0.4) is 0 Å². The summed E-state index contributed by atoms with van der Waals surface area (Å²) in [6, 6.07) is 13.0. The average molecular weight is 316 g/mol. The first-order valence-corrected chi connectivity index (χ1v) is 6.56. The molecule has 94 valence electrons. The van der Waals surface area contributed by atoms with E-state index in [1.165, 1.54) is 0 Å². The Morgan fingerprint density at radius 1 is 1.11 bits per heavy atom. The topological polar surface area (TPSA) is 53.1 Å². The zero-order chi connectivity index (χ0) is 13.4. The standard InChI is InChI=1S/C15H10BrNO2/c16-12-5-1-4-11(15(18)19)14(12)10-3-2-6-13-9(10)7-8-17-13/h1-8,17H,(H,18,19). The largest absolute Gasteiger partial charge is 0.478 e. The van der Waals surface area contributed by atoms with Gasteiger partial charge in [-0.2, -0.15) is 0 Å². The molecule has 19 heavy (non-hydrogen) atoms. The smallest absolute Gasteiger partial charge is 0.336 e. The van der Waals surface area contributed by atoms with Crippen LogP contribution in [0.25, 0.3) is 22.0 Å². The van der Waals surface area contributed by atoms with E-state index < -0.39 is 5.97 Å². The molecule has 1 aromatic heterocycles. The molecule has 0 amide bonds. The van der Waals surface area contributed by atoms with Crippen LogP contribution in [0.1, 0.15) is 10.4 Å². The number of H-pyrrole nitrogens is 1. The first kappa shape index (κ1) is 12.0. The van der Waals surface area contributed by atoms with Crippen molar-refractivity contribution in [3.05, 3.63) is 58.7 Å². The molecule has 2 aromatic carbocycles. The molecule has 0 atom stereocenters. The molecule has 4 heteroatoms. The maximum absolute atomic E-state index is 11.4. The predicted octanol–water partition coefficient (Wildman–Crippen LogP) is 4.30. The Labute approximate surface area is 118 Å². The molecule has 0 unspecified atom stereocenters. The van der Waals surface area contributed by atoms with Gasteiger partial charge in [-0.05, 0) is 29.8 Å². The molecule has 0 aliphatic heterocycles. The number of halogens is 1. The highest BCUT2D eigenvalue weighted by atomic mass is 79.9. The van der Waals surface area contributed by atoms with Crippen LogP contribution in [0.4, 0.5) is 0 Å². The number of nitrogens with one attached hydrogen (secondary N) is 1. The third kappa shape index (κ3) is 1.94.